The molecule has 0 spiro atoms. The van der Waals surface area contributed by atoms with Crippen LogP contribution in [0.2, 0.25) is 5.02 Å². The Labute approximate surface area is 195 Å². The monoisotopic (exact) mass is 463 g/mol. The number of carbonyl (C=O) groups is 1. The molecule has 0 atom stereocenters. The second kappa shape index (κ2) is 9.79. The van der Waals surface area contributed by atoms with E-state index in [1.165, 1.54) is 11.8 Å². The molecule has 33 heavy (non-hydrogen) atoms. The van der Waals surface area contributed by atoms with Gasteiger partial charge in [0.25, 0.3) is 5.91 Å². The van der Waals surface area contributed by atoms with Gasteiger partial charge < -0.3 is 19.2 Å². The maximum absolute atomic E-state index is 12.8. The summed E-state index contributed by atoms with van der Waals surface area (Å²) >= 11 is 5.94. The van der Waals surface area contributed by atoms with Crippen LogP contribution in [0.4, 0.5) is 5.69 Å². The fourth-order valence-electron chi connectivity index (χ4n) is 3.27. The zero-order chi connectivity index (χ0) is 23.4. The first-order chi connectivity index (χ1) is 15.9. The number of hydrogen-bond acceptors (Lipinski definition) is 5. The fraction of sp³-hybridized carbons (Fsp3) is 0.154. The lowest BCUT2D eigenvalue weighted by atomic mass is 10.2. The van der Waals surface area contributed by atoms with E-state index < -0.39 is 0 Å². The molecule has 0 fully saturated rings. The molecule has 1 amide bonds. The van der Waals surface area contributed by atoms with Crippen molar-refractivity contribution < 1.29 is 18.7 Å². The van der Waals surface area contributed by atoms with Crippen LogP contribution in [-0.4, -0.2) is 12.5 Å². The highest BCUT2D eigenvalue weighted by Gasteiger charge is 2.12. The van der Waals surface area contributed by atoms with E-state index in [1.807, 2.05) is 31.2 Å². The topological polar surface area (TPSA) is 77.8 Å². The Hall–Kier alpha value is -3.77. The molecule has 0 aliphatic carbocycles. The van der Waals surface area contributed by atoms with E-state index >= 15 is 0 Å². The molecule has 168 valence electrons. The predicted molar refractivity (Wildman–Crippen MR) is 129 cm³/mol. The molecule has 0 bridgehead atoms. The number of benzene rings is 3. The number of nitrogens with one attached hydrogen (secondary N) is 1. The minimum atomic E-state index is -0.320. The second-order valence-electron chi connectivity index (χ2n) is 7.48. The van der Waals surface area contributed by atoms with Gasteiger partial charge in [-0.2, -0.15) is 0 Å². The van der Waals surface area contributed by atoms with Gasteiger partial charge in [0, 0.05) is 16.8 Å². The van der Waals surface area contributed by atoms with Crippen LogP contribution in [-0.2, 0) is 11.2 Å². The molecule has 0 unspecified atom stereocenters. The quantitative estimate of drug-likeness (QED) is 0.357. The SMILES string of the molecule is CCc1ccc(Oc2coc3cc(OCC(=O)Nc4ccc(Cl)cc4C)ccc3c2=O)cc1. The number of ether oxygens (including phenoxy) is 2. The molecule has 0 saturated carbocycles. The Morgan fingerprint density at radius 3 is 2.52 bits per heavy atom. The first-order valence-electron chi connectivity index (χ1n) is 10.4. The van der Waals surface area contributed by atoms with Crippen LogP contribution >= 0.6 is 11.6 Å². The highest BCUT2D eigenvalue weighted by molar-refractivity contribution is 6.30. The molecule has 1 heterocycles. The van der Waals surface area contributed by atoms with Crippen molar-refractivity contribution in [3.63, 3.8) is 0 Å². The number of rotatable bonds is 7. The van der Waals surface area contributed by atoms with E-state index in [-0.39, 0.29) is 23.7 Å². The van der Waals surface area contributed by atoms with Crippen LogP contribution in [0.1, 0.15) is 18.1 Å². The van der Waals surface area contributed by atoms with Crippen molar-refractivity contribution >= 4 is 34.2 Å². The third-order valence-corrected chi connectivity index (χ3v) is 5.34. The maximum Gasteiger partial charge on any atom is 0.262 e. The number of halogens is 1. The van der Waals surface area contributed by atoms with Gasteiger partial charge in [-0.05, 0) is 66.9 Å². The van der Waals surface area contributed by atoms with E-state index in [4.69, 9.17) is 25.5 Å². The smallest absolute Gasteiger partial charge is 0.262 e. The van der Waals surface area contributed by atoms with E-state index in [0.29, 0.717) is 33.2 Å². The highest BCUT2D eigenvalue weighted by Crippen LogP contribution is 2.25. The second-order valence-corrected chi connectivity index (χ2v) is 7.92. The molecule has 7 heteroatoms. The van der Waals surface area contributed by atoms with Crippen LogP contribution in [0.25, 0.3) is 11.0 Å². The van der Waals surface area contributed by atoms with Gasteiger partial charge >= 0.3 is 0 Å². The number of anilines is 1. The van der Waals surface area contributed by atoms with Crippen LogP contribution in [0.15, 0.2) is 76.1 Å². The third-order valence-electron chi connectivity index (χ3n) is 5.11. The highest BCUT2D eigenvalue weighted by atomic mass is 35.5. The Kier molecular flexibility index (Phi) is 6.66. The molecule has 0 saturated heterocycles. The van der Waals surface area contributed by atoms with Gasteiger partial charge in [-0.1, -0.05) is 30.7 Å². The van der Waals surface area contributed by atoms with Gasteiger partial charge in [-0.3, -0.25) is 9.59 Å². The summed E-state index contributed by atoms with van der Waals surface area (Å²) in [7, 11) is 0. The Balaban J connectivity index is 1.44. The lowest BCUT2D eigenvalue weighted by molar-refractivity contribution is -0.118. The normalized spacial score (nSPS) is 10.8. The third kappa shape index (κ3) is 5.35. The van der Waals surface area contributed by atoms with E-state index in [0.717, 1.165) is 12.0 Å². The van der Waals surface area contributed by atoms with Crippen LogP contribution in [0.5, 0.6) is 17.2 Å². The standard InChI is InChI=1S/C26H22ClNO5/c1-3-17-4-7-19(8-5-17)33-24-14-32-23-13-20(9-10-21(23)26(24)30)31-15-25(29)28-22-11-6-18(27)12-16(22)2/h4-14H,3,15H2,1-2H3,(H,28,29). The Morgan fingerprint density at radius 2 is 1.79 bits per heavy atom. The average Bonchev–Trinajstić information content (AvgIpc) is 2.82. The van der Waals surface area contributed by atoms with Gasteiger partial charge in [-0.25, -0.2) is 0 Å². The first-order valence-corrected chi connectivity index (χ1v) is 10.8. The van der Waals surface area contributed by atoms with Crippen LogP contribution in [0, 0.1) is 6.92 Å². The van der Waals surface area contributed by atoms with Gasteiger partial charge in [0.2, 0.25) is 11.2 Å². The lowest BCUT2D eigenvalue weighted by Gasteiger charge is -2.10. The van der Waals surface area contributed by atoms with Gasteiger partial charge in [0.15, 0.2) is 6.61 Å². The molecule has 0 radical (unpaired) electrons. The Morgan fingerprint density at radius 1 is 1.03 bits per heavy atom. The van der Waals surface area contributed by atoms with Crippen molar-refractivity contribution in [2.45, 2.75) is 20.3 Å². The molecular weight excluding hydrogens is 442 g/mol. The summed E-state index contributed by atoms with van der Waals surface area (Å²) in [5, 5.41) is 3.73. The summed E-state index contributed by atoms with van der Waals surface area (Å²) in [6.45, 7) is 3.72. The number of fused-ring (bicyclic) bond motifs is 1. The molecule has 0 aliphatic rings. The fourth-order valence-corrected chi connectivity index (χ4v) is 3.50. The molecule has 4 rings (SSSR count). The minimum absolute atomic E-state index is 0.0955. The van der Waals surface area contributed by atoms with Gasteiger partial charge in [0.1, 0.15) is 23.3 Å². The Bertz CT molecular complexity index is 1360. The van der Waals surface area contributed by atoms with Crippen molar-refractivity contribution in [1.29, 1.82) is 0 Å². The molecule has 1 aromatic heterocycles. The number of carbonyl (C=O) groups excluding carboxylic acids is 1. The van der Waals surface area contributed by atoms with E-state index in [9.17, 15) is 9.59 Å². The van der Waals surface area contributed by atoms with Crippen molar-refractivity contribution in [2.24, 2.45) is 0 Å². The summed E-state index contributed by atoms with van der Waals surface area (Å²) in [4.78, 5) is 25.0. The average molecular weight is 464 g/mol. The summed E-state index contributed by atoms with van der Waals surface area (Å²) in [5.74, 6) is 0.733. The summed E-state index contributed by atoms with van der Waals surface area (Å²) in [5.41, 5.74) is 2.73. The summed E-state index contributed by atoms with van der Waals surface area (Å²) in [6, 6.07) is 17.5. The van der Waals surface area contributed by atoms with Crippen molar-refractivity contribution in [3.8, 4) is 17.2 Å². The van der Waals surface area contributed by atoms with Gasteiger partial charge in [0.05, 0.1) is 5.39 Å². The van der Waals surface area contributed by atoms with E-state index in [1.54, 1.807) is 36.4 Å². The number of hydrogen-bond donors (Lipinski definition) is 1. The first kappa shape index (κ1) is 22.4. The molecular formula is C26H22ClNO5. The number of amides is 1. The molecule has 3 aromatic carbocycles. The summed E-state index contributed by atoms with van der Waals surface area (Å²) < 4.78 is 16.9. The zero-order valence-corrected chi connectivity index (χ0v) is 18.9. The molecule has 4 aromatic rings. The lowest BCUT2D eigenvalue weighted by Crippen LogP contribution is -2.20. The van der Waals surface area contributed by atoms with Crippen molar-refractivity contribution in [3.05, 3.63) is 93.3 Å². The van der Waals surface area contributed by atoms with Crippen molar-refractivity contribution in [1.82, 2.24) is 0 Å². The van der Waals surface area contributed by atoms with Crippen molar-refractivity contribution in [2.75, 3.05) is 11.9 Å². The predicted octanol–water partition coefficient (Wildman–Crippen LogP) is 6.13. The molecule has 1 N–H and O–H groups in total. The van der Waals surface area contributed by atoms with E-state index in [2.05, 4.69) is 12.2 Å². The summed E-state index contributed by atoms with van der Waals surface area (Å²) in [6.07, 6.45) is 2.20. The van der Waals surface area contributed by atoms with Crippen LogP contribution in [0.3, 0.4) is 0 Å². The molecule has 0 aliphatic heterocycles. The maximum atomic E-state index is 12.8. The number of aryl methyl sites for hydroxylation is 2. The largest absolute Gasteiger partial charge is 0.484 e. The van der Waals surface area contributed by atoms with Crippen LogP contribution < -0.4 is 20.2 Å². The zero-order valence-electron chi connectivity index (χ0n) is 18.2. The van der Waals surface area contributed by atoms with Gasteiger partial charge in [-0.15, -0.1) is 0 Å². The minimum Gasteiger partial charge on any atom is -0.484 e. The molecule has 6 nitrogen and oxygen atoms in total.